The van der Waals surface area contributed by atoms with Crippen molar-refractivity contribution >= 4 is 40.4 Å². The summed E-state index contributed by atoms with van der Waals surface area (Å²) in [4.78, 5) is 36.7. The van der Waals surface area contributed by atoms with E-state index < -0.39 is 5.97 Å². The SMILES string of the molecule is CCn1cnc2c1c(=O)nc(Nc1ccc(Oc3ccc(C(=O)O)cn3)cc1)n2Cc1ccc(Cl)cc1. The monoisotopic (exact) mass is 516 g/mol. The van der Waals surface area contributed by atoms with Crippen LogP contribution in [0.1, 0.15) is 22.8 Å². The zero-order valence-corrected chi connectivity index (χ0v) is 20.4. The number of aryl methyl sites for hydroxylation is 1. The zero-order chi connectivity index (χ0) is 25.9. The van der Waals surface area contributed by atoms with Gasteiger partial charge in [0.15, 0.2) is 11.2 Å². The number of aromatic nitrogens is 5. The third kappa shape index (κ3) is 5.14. The summed E-state index contributed by atoms with van der Waals surface area (Å²) >= 11 is 6.05. The van der Waals surface area contributed by atoms with E-state index in [2.05, 4.69) is 20.3 Å². The molecule has 0 radical (unpaired) electrons. The normalized spacial score (nSPS) is 11.0. The molecule has 0 unspecified atom stereocenters. The van der Waals surface area contributed by atoms with Crippen molar-refractivity contribution < 1.29 is 14.6 Å². The Morgan fingerprint density at radius 2 is 1.81 bits per heavy atom. The fraction of sp³-hybridized carbons (Fsp3) is 0.115. The molecule has 0 bridgehead atoms. The Hall–Kier alpha value is -4.70. The summed E-state index contributed by atoms with van der Waals surface area (Å²) in [5.41, 5.74) is 2.30. The molecule has 10 nitrogen and oxygen atoms in total. The molecule has 5 rings (SSSR count). The highest BCUT2D eigenvalue weighted by atomic mass is 35.5. The van der Waals surface area contributed by atoms with E-state index in [9.17, 15) is 9.59 Å². The minimum absolute atomic E-state index is 0.0739. The van der Waals surface area contributed by atoms with E-state index >= 15 is 0 Å². The van der Waals surface area contributed by atoms with Gasteiger partial charge in [-0.05, 0) is 55.0 Å². The molecule has 0 atom stereocenters. The molecule has 0 saturated heterocycles. The van der Waals surface area contributed by atoms with Crippen LogP contribution in [0.5, 0.6) is 11.6 Å². The highest BCUT2D eigenvalue weighted by Crippen LogP contribution is 2.25. The summed E-state index contributed by atoms with van der Waals surface area (Å²) in [6.07, 6.45) is 2.87. The molecule has 0 saturated carbocycles. The molecule has 0 aliphatic carbocycles. The second-order valence-electron chi connectivity index (χ2n) is 8.10. The quantitative estimate of drug-likeness (QED) is 0.297. The lowest BCUT2D eigenvalue weighted by molar-refractivity contribution is 0.0696. The van der Waals surface area contributed by atoms with E-state index in [-0.39, 0.29) is 17.0 Å². The first kappa shape index (κ1) is 24.0. The number of hydrogen-bond acceptors (Lipinski definition) is 7. The third-order valence-electron chi connectivity index (χ3n) is 5.65. The molecule has 0 aliphatic rings. The summed E-state index contributed by atoms with van der Waals surface area (Å²) in [5.74, 6) is 0.0524. The maximum atomic E-state index is 12.9. The van der Waals surface area contributed by atoms with Gasteiger partial charge < -0.3 is 19.7 Å². The van der Waals surface area contributed by atoms with Crippen LogP contribution >= 0.6 is 11.6 Å². The second kappa shape index (κ2) is 10.1. The molecule has 0 fully saturated rings. The maximum Gasteiger partial charge on any atom is 0.337 e. The predicted octanol–water partition coefficient (Wildman–Crippen LogP) is 4.94. The molecule has 3 heterocycles. The topological polar surface area (TPSA) is 124 Å². The highest BCUT2D eigenvalue weighted by molar-refractivity contribution is 6.30. The summed E-state index contributed by atoms with van der Waals surface area (Å²) in [7, 11) is 0. The van der Waals surface area contributed by atoms with Crippen LogP contribution < -0.4 is 15.6 Å². The number of fused-ring (bicyclic) bond motifs is 1. The standard InChI is InChI=1S/C26H21ClN6O4/c1-2-32-15-29-23-22(32)24(34)31-26(33(23)14-16-3-6-18(27)7-4-16)30-19-8-10-20(11-9-19)37-21-12-5-17(13-28-21)25(35)36/h3-13,15H,2,14H2,1H3,(H,35,36)(H,30,31,34). The van der Waals surface area contributed by atoms with Crippen LogP contribution in [0.4, 0.5) is 11.6 Å². The van der Waals surface area contributed by atoms with Crippen molar-refractivity contribution in [2.45, 2.75) is 20.0 Å². The van der Waals surface area contributed by atoms with Gasteiger partial charge in [-0.25, -0.2) is 14.8 Å². The Morgan fingerprint density at radius 1 is 1.05 bits per heavy atom. The van der Waals surface area contributed by atoms with Crippen molar-refractivity contribution in [2.75, 3.05) is 5.32 Å². The van der Waals surface area contributed by atoms with Gasteiger partial charge in [-0.3, -0.25) is 9.36 Å². The molecule has 0 aliphatic heterocycles. The number of halogens is 1. The van der Waals surface area contributed by atoms with E-state index in [1.165, 1.54) is 18.3 Å². The van der Waals surface area contributed by atoms with E-state index in [0.717, 1.165) is 5.56 Å². The molecule has 2 aromatic carbocycles. The Kier molecular flexibility index (Phi) is 6.57. The molecule has 3 aromatic heterocycles. The van der Waals surface area contributed by atoms with Gasteiger partial charge in [-0.15, -0.1) is 0 Å². The van der Waals surface area contributed by atoms with Gasteiger partial charge in [0, 0.05) is 29.5 Å². The first-order chi connectivity index (χ1) is 17.9. The van der Waals surface area contributed by atoms with Crippen molar-refractivity contribution in [3.63, 3.8) is 0 Å². The number of pyridine rings is 1. The Labute approximate surface area is 215 Å². The second-order valence-corrected chi connectivity index (χ2v) is 8.53. The van der Waals surface area contributed by atoms with Crippen LogP contribution in [0.3, 0.4) is 0 Å². The highest BCUT2D eigenvalue weighted by Gasteiger charge is 2.16. The molecular weight excluding hydrogens is 496 g/mol. The number of carbonyl (C=O) groups is 1. The third-order valence-corrected chi connectivity index (χ3v) is 5.90. The van der Waals surface area contributed by atoms with Crippen molar-refractivity contribution in [3.05, 3.63) is 99.7 Å². The number of nitrogens with zero attached hydrogens (tertiary/aromatic N) is 5. The molecule has 0 amide bonds. The number of imidazole rings is 1. The lowest BCUT2D eigenvalue weighted by Gasteiger charge is -2.15. The van der Waals surface area contributed by atoms with Gasteiger partial charge in [-0.2, -0.15) is 4.98 Å². The average molecular weight is 517 g/mol. The zero-order valence-electron chi connectivity index (χ0n) is 19.6. The largest absolute Gasteiger partial charge is 0.478 e. The van der Waals surface area contributed by atoms with E-state index in [0.29, 0.717) is 46.7 Å². The lowest BCUT2D eigenvalue weighted by Crippen LogP contribution is -2.20. The summed E-state index contributed by atoms with van der Waals surface area (Å²) < 4.78 is 9.32. The number of hydrogen-bond donors (Lipinski definition) is 2. The van der Waals surface area contributed by atoms with Crippen molar-refractivity contribution in [2.24, 2.45) is 0 Å². The molecule has 37 heavy (non-hydrogen) atoms. The number of ether oxygens (including phenoxy) is 1. The van der Waals surface area contributed by atoms with Crippen molar-refractivity contribution in [1.82, 2.24) is 24.1 Å². The fourth-order valence-corrected chi connectivity index (χ4v) is 3.90. The van der Waals surface area contributed by atoms with E-state index in [1.54, 1.807) is 35.2 Å². The van der Waals surface area contributed by atoms with Gasteiger partial charge in [-0.1, -0.05) is 23.7 Å². The molecule has 5 aromatic rings. The van der Waals surface area contributed by atoms with Crippen molar-refractivity contribution in [3.8, 4) is 11.6 Å². The van der Waals surface area contributed by atoms with Crippen molar-refractivity contribution in [1.29, 1.82) is 0 Å². The van der Waals surface area contributed by atoms with Crippen LogP contribution in [0, 0.1) is 0 Å². The Balaban J connectivity index is 1.44. The number of aromatic carboxylic acids is 1. The van der Waals surface area contributed by atoms with Gasteiger partial charge in [0.1, 0.15) is 5.75 Å². The molecule has 2 N–H and O–H groups in total. The number of nitrogens with one attached hydrogen (secondary N) is 1. The van der Waals surface area contributed by atoms with Crippen LogP contribution in [0.15, 0.2) is 78.0 Å². The van der Waals surface area contributed by atoms with Gasteiger partial charge in [0.05, 0.1) is 18.4 Å². The van der Waals surface area contributed by atoms with E-state index in [1.807, 2.05) is 35.8 Å². The Morgan fingerprint density at radius 3 is 2.46 bits per heavy atom. The molecule has 0 spiro atoms. The number of carboxylic acids is 1. The molecule has 186 valence electrons. The van der Waals surface area contributed by atoms with Crippen LogP contribution in [0.2, 0.25) is 5.02 Å². The summed E-state index contributed by atoms with van der Waals surface area (Å²) in [6, 6.07) is 17.3. The first-order valence-electron chi connectivity index (χ1n) is 11.4. The number of benzene rings is 2. The summed E-state index contributed by atoms with van der Waals surface area (Å²) in [6.45, 7) is 2.95. The van der Waals surface area contributed by atoms with Gasteiger partial charge in [0.2, 0.25) is 11.8 Å². The minimum atomic E-state index is -1.06. The van der Waals surface area contributed by atoms with E-state index in [4.69, 9.17) is 21.4 Å². The average Bonchev–Trinajstić information content (AvgIpc) is 3.34. The first-order valence-corrected chi connectivity index (χ1v) is 11.7. The molecular formula is C26H21ClN6O4. The summed E-state index contributed by atoms with van der Waals surface area (Å²) in [5, 5.41) is 12.8. The predicted molar refractivity (Wildman–Crippen MR) is 139 cm³/mol. The number of rotatable bonds is 8. The molecule has 11 heteroatoms. The lowest BCUT2D eigenvalue weighted by atomic mass is 10.2. The van der Waals surface area contributed by atoms with Crippen LogP contribution in [-0.4, -0.2) is 35.2 Å². The van der Waals surface area contributed by atoms with Gasteiger partial charge in [0.25, 0.3) is 0 Å². The number of anilines is 2. The fourth-order valence-electron chi connectivity index (χ4n) is 3.78. The van der Waals surface area contributed by atoms with Crippen LogP contribution in [-0.2, 0) is 13.1 Å². The Bertz CT molecular complexity index is 1630. The van der Waals surface area contributed by atoms with Gasteiger partial charge >= 0.3 is 11.5 Å². The minimum Gasteiger partial charge on any atom is -0.478 e. The number of carboxylic acid groups (broad SMARTS) is 1. The van der Waals surface area contributed by atoms with Crippen LogP contribution in [0.25, 0.3) is 11.2 Å². The maximum absolute atomic E-state index is 12.9. The smallest absolute Gasteiger partial charge is 0.337 e.